The number of hydrogen-bond donors (Lipinski definition) is 1. The van der Waals surface area contributed by atoms with Gasteiger partial charge in [-0.2, -0.15) is 5.10 Å². The molecule has 0 spiro atoms. The zero-order chi connectivity index (χ0) is 20.5. The first-order chi connectivity index (χ1) is 14.0. The second-order valence-electron chi connectivity index (χ2n) is 7.55. The number of carboxylic acids is 1. The summed E-state index contributed by atoms with van der Waals surface area (Å²) in [6.07, 6.45) is 3.50. The fourth-order valence-corrected chi connectivity index (χ4v) is 3.52. The van der Waals surface area contributed by atoms with Gasteiger partial charge < -0.3 is 10.0 Å². The number of fused-ring (bicyclic) bond motifs is 1. The monoisotopic (exact) mass is 392 g/mol. The molecule has 1 amide bonds. The van der Waals surface area contributed by atoms with Gasteiger partial charge in [-0.3, -0.25) is 9.59 Å². The first-order valence-electron chi connectivity index (χ1n) is 9.95. The highest BCUT2D eigenvalue weighted by Gasteiger charge is 2.36. The minimum absolute atomic E-state index is 0.105. The Hall–Kier alpha value is -3.22. The number of carboxylic acid groups (broad SMARTS) is 1. The number of hydrogen-bond acceptors (Lipinski definition) is 4. The maximum atomic E-state index is 13.5. The van der Waals surface area contributed by atoms with E-state index in [-0.39, 0.29) is 18.5 Å². The lowest BCUT2D eigenvalue weighted by Crippen LogP contribution is -2.38. The van der Waals surface area contributed by atoms with E-state index in [1.54, 1.807) is 22.7 Å². The van der Waals surface area contributed by atoms with E-state index in [1.165, 1.54) is 0 Å². The van der Waals surface area contributed by atoms with Gasteiger partial charge in [-0.1, -0.05) is 37.3 Å². The molecule has 1 saturated carbocycles. The number of nitrogens with zero attached hydrogens (tertiary/aromatic N) is 4. The Balaban J connectivity index is 1.81. The van der Waals surface area contributed by atoms with Gasteiger partial charge in [-0.15, -0.1) is 0 Å². The van der Waals surface area contributed by atoms with E-state index >= 15 is 0 Å². The van der Waals surface area contributed by atoms with Crippen LogP contribution in [0.3, 0.4) is 0 Å². The fourth-order valence-electron chi connectivity index (χ4n) is 3.52. The summed E-state index contributed by atoms with van der Waals surface area (Å²) in [6.45, 7) is 4.46. The van der Waals surface area contributed by atoms with Gasteiger partial charge in [0.15, 0.2) is 5.65 Å². The molecule has 1 N–H and O–H groups in total. The molecule has 0 radical (unpaired) electrons. The van der Waals surface area contributed by atoms with Crippen LogP contribution in [-0.2, 0) is 11.3 Å². The van der Waals surface area contributed by atoms with Crippen molar-refractivity contribution in [3.63, 3.8) is 0 Å². The molecule has 3 aromatic rings. The molecule has 0 saturated heterocycles. The molecule has 7 heteroatoms. The number of pyridine rings is 1. The third kappa shape index (κ3) is 3.72. The van der Waals surface area contributed by atoms with Crippen molar-refractivity contribution in [1.29, 1.82) is 0 Å². The fraction of sp³-hybridized carbons (Fsp3) is 0.364. The van der Waals surface area contributed by atoms with Gasteiger partial charge in [0.05, 0.1) is 28.8 Å². The molecule has 150 valence electrons. The van der Waals surface area contributed by atoms with Crippen LogP contribution in [-0.4, -0.2) is 49.2 Å². The summed E-state index contributed by atoms with van der Waals surface area (Å²) in [5.41, 5.74) is 2.82. The zero-order valence-corrected chi connectivity index (χ0v) is 16.6. The molecule has 7 nitrogen and oxygen atoms in total. The standard InChI is InChI=1S/C22H24N4O3/c1-3-26-20-18(12-23-26)17(11-19(24-20)15-7-5-4-6-8-15)21(27)25(16-9-10-16)13-14(2)22(28)29/h4-8,11-12,14,16H,3,9-10,13H2,1-2H3,(H,28,29). The average molecular weight is 392 g/mol. The van der Waals surface area contributed by atoms with E-state index in [2.05, 4.69) is 5.10 Å². The molecule has 0 bridgehead atoms. The summed E-state index contributed by atoms with van der Waals surface area (Å²) in [5, 5.41) is 14.4. The molecule has 1 unspecified atom stereocenters. The first kappa shape index (κ1) is 19.1. The molecule has 1 atom stereocenters. The first-order valence-corrected chi connectivity index (χ1v) is 9.95. The van der Waals surface area contributed by atoms with Gasteiger partial charge in [0.25, 0.3) is 5.91 Å². The lowest BCUT2D eigenvalue weighted by atomic mass is 10.0. The topological polar surface area (TPSA) is 88.3 Å². The van der Waals surface area contributed by atoms with Crippen molar-refractivity contribution in [1.82, 2.24) is 19.7 Å². The Morgan fingerprint density at radius 2 is 2.00 bits per heavy atom. The molecular weight excluding hydrogens is 368 g/mol. The zero-order valence-electron chi connectivity index (χ0n) is 16.6. The Kier molecular flexibility index (Phi) is 5.05. The third-order valence-electron chi connectivity index (χ3n) is 5.35. The van der Waals surface area contributed by atoms with E-state index in [0.717, 1.165) is 18.4 Å². The number of aliphatic carboxylic acids is 1. The van der Waals surface area contributed by atoms with Gasteiger partial charge in [0.1, 0.15) is 0 Å². The molecule has 1 fully saturated rings. The lowest BCUT2D eigenvalue weighted by molar-refractivity contribution is -0.141. The molecule has 2 heterocycles. The Morgan fingerprint density at radius 3 is 2.62 bits per heavy atom. The van der Waals surface area contributed by atoms with Crippen LogP contribution in [0.25, 0.3) is 22.3 Å². The number of aryl methyl sites for hydroxylation is 1. The second-order valence-corrected chi connectivity index (χ2v) is 7.55. The van der Waals surface area contributed by atoms with Crippen molar-refractivity contribution in [2.45, 2.75) is 39.3 Å². The molecule has 29 heavy (non-hydrogen) atoms. The number of amides is 1. The Bertz CT molecular complexity index is 1060. The minimum Gasteiger partial charge on any atom is -0.481 e. The van der Waals surface area contributed by atoms with Crippen LogP contribution in [0, 0.1) is 5.92 Å². The van der Waals surface area contributed by atoms with Gasteiger partial charge >= 0.3 is 5.97 Å². The van der Waals surface area contributed by atoms with Crippen molar-refractivity contribution in [2.75, 3.05) is 6.54 Å². The highest BCUT2D eigenvalue weighted by molar-refractivity contribution is 6.06. The van der Waals surface area contributed by atoms with E-state index in [9.17, 15) is 14.7 Å². The van der Waals surface area contributed by atoms with Gasteiger partial charge in [0, 0.05) is 24.7 Å². The number of benzene rings is 1. The smallest absolute Gasteiger partial charge is 0.308 e. The summed E-state index contributed by atoms with van der Waals surface area (Å²) in [7, 11) is 0. The van der Waals surface area contributed by atoms with Crippen LogP contribution in [0.4, 0.5) is 0 Å². The quantitative estimate of drug-likeness (QED) is 0.665. The number of aromatic nitrogens is 3. The number of rotatable bonds is 7. The molecule has 4 rings (SSSR count). The van der Waals surface area contributed by atoms with Gasteiger partial charge in [-0.25, -0.2) is 9.67 Å². The van der Waals surface area contributed by atoms with Crippen LogP contribution in [0.2, 0.25) is 0 Å². The Labute approximate surface area is 169 Å². The van der Waals surface area contributed by atoms with Crippen LogP contribution in [0.5, 0.6) is 0 Å². The van der Waals surface area contributed by atoms with E-state index in [0.29, 0.717) is 28.8 Å². The molecule has 1 aromatic carbocycles. The summed E-state index contributed by atoms with van der Waals surface area (Å²) in [5.74, 6) is -1.67. The Morgan fingerprint density at radius 1 is 1.28 bits per heavy atom. The molecule has 1 aliphatic carbocycles. The minimum atomic E-state index is -0.896. The van der Waals surface area contributed by atoms with Crippen molar-refractivity contribution in [2.24, 2.45) is 5.92 Å². The highest BCUT2D eigenvalue weighted by atomic mass is 16.4. The normalized spacial score (nSPS) is 14.7. The van der Waals surface area contributed by atoms with Crippen molar-refractivity contribution >= 4 is 22.9 Å². The van der Waals surface area contributed by atoms with Crippen molar-refractivity contribution < 1.29 is 14.7 Å². The SMILES string of the molecule is CCn1ncc2c(C(=O)N(CC(C)C(=O)O)C3CC3)cc(-c3ccccc3)nc21. The summed E-state index contributed by atoms with van der Waals surface area (Å²) in [6, 6.07) is 11.6. The van der Waals surface area contributed by atoms with Crippen molar-refractivity contribution in [3.05, 3.63) is 48.2 Å². The van der Waals surface area contributed by atoms with Crippen LogP contribution >= 0.6 is 0 Å². The molecule has 0 aliphatic heterocycles. The summed E-state index contributed by atoms with van der Waals surface area (Å²) >= 11 is 0. The van der Waals surface area contributed by atoms with Crippen LogP contribution < -0.4 is 0 Å². The van der Waals surface area contributed by atoms with Gasteiger partial charge in [0.2, 0.25) is 0 Å². The predicted molar refractivity (Wildman–Crippen MR) is 109 cm³/mol. The number of carbonyl (C=O) groups excluding carboxylic acids is 1. The largest absolute Gasteiger partial charge is 0.481 e. The predicted octanol–water partition coefficient (Wildman–Crippen LogP) is 3.44. The average Bonchev–Trinajstić information content (AvgIpc) is 3.49. The van der Waals surface area contributed by atoms with E-state index in [4.69, 9.17) is 4.98 Å². The molecule has 1 aliphatic rings. The van der Waals surface area contributed by atoms with E-state index in [1.807, 2.05) is 43.3 Å². The molecular formula is C22H24N4O3. The summed E-state index contributed by atoms with van der Waals surface area (Å²) < 4.78 is 1.78. The van der Waals surface area contributed by atoms with Crippen LogP contribution in [0.1, 0.15) is 37.0 Å². The van der Waals surface area contributed by atoms with Gasteiger partial charge in [-0.05, 0) is 25.8 Å². The third-order valence-corrected chi connectivity index (χ3v) is 5.35. The second kappa shape index (κ2) is 7.66. The lowest BCUT2D eigenvalue weighted by Gasteiger charge is -2.25. The van der Waals surface area contributed by atoms with Crippen LogP contribution in [0.15, 0.2) is 42.6 Å². The van der Waals surface area contributed by atoms with Crippen molar-refractivity contribution in [3.8, 4) is 11.3 Å². The maximum absolute atomic E-state index is 13.5. The highest BCUT2D eigenvalue weighted by Crippen LogP contribution is 2.32. The maximum Gasteiger partial charge on any atom is 0.308 e. The summed E-state index contributed by atoms with van der Waals surface area (Å²) in [4.78, 5) is 31.4. The van der Waals surface area contributed by atoms with E-state index < -0.39 is 11.9 Å². The number of carbonyl (C=O) groups is 2. The molecule has 2 aromatic heterocycles.